The van der Waals surface area contributed by atoms with E-state index in [2.05, 4.69) is 16.7 Å². The molecule has 6 nitrogen and oxygen atoms in total. The Hall–Kier alpha value is -3.31. The van der Waals surface area contributed by atoms with E-state index in [1.165, 1.54) is 6.07 Å². The molecule has 0 bridgehead atoms. The monoisotopic (exact) mass is 372 g/mol. The second kappa shape index (κ2) is 9.40. The summed E-state index contributed by atoms with van der Waals surface area (Å²) in [7, 11) is 1.74. The van der Waals surface area contributed by atoms with Gasteiger partial charge in [0.25, 0.3) is 0 Å². The third-order valence-corrected chi connectivity index (χ3v) is 3.57. The predicted molar refractivity (Wildman–Crippen MR) is 95.5 cm³/mol. The molecule has 2 aromatic carbocycles. The van der Waals surface area contributed by atoms with Crippen LogP contribution in [0, 0.1) is 23.0 Å². The second-order valence-corrected chi connectivity index (χ2v) is 5.94. The third kappa shape index (κ3) is 6.49. The van der Waals surface area contributed by atoms with Gasteiger partial charge in [0.2, 0.25) is 11.8 Å². The summed E-state index contributed by atoms with van der Waals surface area (Å²) >= 11 is 0. The fourth-order valence-corrected chi connectivity index (χ4v) is 2.37. The standard InChI is InChI=1S/C19H18F2N4O2/c1-25(11-14-4-2-3-13(7-14)9-22)12-19(27)23-10-18(26)24-15-5-6-16(20)17(21)8-15/h2-8H,10-12H2,1H3,(H,23,27)(H,24,26). The molecule has 8 heteroatoms. The Labute approximate surface area is 155 Å². The van der Waals surface area contributed by atoms with Gasteiger partial charge in [-0.05, 0) is 36.9 Å². The van der Waals surface area contributed by atoms with Gasteiger partial charge in [0.05, 0.1) is 24.7 Å². The first-order chi connectivity index (χ1) is 12.9. The van der Waals surface area contributed by atoms with Crippen LogP contribution < -0.4 is 10.6 Å². The molecule has 0 spiro atoms. The zero-order valence-electron chi connectivity index (χ0n) is 14.6. The number of amides is 2. The van der Waals surface area contributed by atoms with E-state index in [4.69, 9.17) is 5.26 Å². The Morgan fingerprint density at radius 1 is 1.11 bits per heavy atom. The minimum atomic E-state index is -1.07. The van der Waals surface area contributed by atoms with Gasteiger partial charge >= 0.3 is 0 Å². The highest BCUT2D eigenvalue weighted by molar-refractivity contribution is 5.94. The Bertz CT molecular complexity index is 880. The van der Waals surface area contributed by atoms with Crippen LogP contribution in [-0.2, 0) is 16.1 Å². The summed E-state index contributed by atoms with van der Waals surface area (Å²) in [5, 5.41) is 13.7. The topological polar surface area (TPSA) is 85.2 Å². The lowest BCUT2D eigenvalue weighted by Gasteiger charge is -2.16. The number of nitrogens with zero attached hydrogens (tertiary/aromatic N) is 2. The van der Waals surface area contributed by atoms with Gasteiger partial charge in [-0.2, -0.15) is 5.26 Å². The molecule has 0 saturated heterocycles. The fraction of sp³-hybridized carbons (Fsp3) is 0.211. The molecule has 0 aliphatic heterocycles. The van der Waals surface area contributed by atoms with E-state index in [0.717, 1.165) is 17.7 Å². The van der Waals surface area contributed by atoms with Crippen molar-refractivity contribution >= 4 is 17.5 Å². The molecule has 0 atom stereocenters. The van der Waals surface area contributed by atoms with Crippen LogP contribution in [0.2, 0.25) is 0 Å². The van der Waals surface area contributed by atoms with Crippen molar-refractivity contribution in [2.45, 2.75) is 6.54 Å². The predicted octanol–water partition coefficient (Wildman–Crippen LogP) is 2.02. The Morgan fingerprint density at radius 3 is 2.59 bits per heavy atom. The van der Waals surface area contributed by atoms with Crippen LogP contribution in [-0.4, -0.2) is 36.9 Å². The van der Waals surface area contributed by atoms with E-state index in [9.17, 15) is 18.4 Å². The maximum absolute atomic E-state index is 13.1. The Kier molecular flexibility index (Phi) is 6.97. The minimum Gasteiger partial charge on any atom is -0.346 e. The van der Waals surface area contributed by atoms with Gasteiger partial charge in [-0.1, -0.05) is 12.1 Å². The van der Waals surface area contributed by atoms with Gasteiger partial charge in [0.15, 0.2) is 11.6 Å². The van der Waals surface area contributed by atoms with Crippen LogP contribution in [0.3, 0.4) is 0 Å². The number of likely N-dealkylation sites (N-methyl/N-ethyl adjacent to an activating group) is 1. The van der Waals surface area contributed by atoms with E-state index in [1.807, 2.05) is 6.07 Å². The van der Waals surface area contributed by atoms with Crippen LogP contribution in [0.4, 0.5) is 14.5 Å². The van der Waals surface area contributed by atoms with E-state index >= 15 is 0 Å². The number of anilines is 1. The molecule has 140 valence electrons. The largest absolute Gasteiger partial charge is 0.346 e. The van der Waals surface area contributed by atoms with Crippen LogP contribution in [0.25, 0.3) is 0 Å². The number of hydrogen-bond acceptors (Lipinski definition) is 4. The van der Waals surface area contributed by atoms with Crippen molar-refractivity contribution in [3.05, 3.63) is 65.2 Å². The zero-order valence-corrected chi connectivity index (χ0v) is 14.6. The van der Waals surface area contributed by atoms with Crippen LogP contribution >= 0.6 is 0 Å². The lowest BCUT2D eigenvalue weighted by molar-refractivity contribution is -0.124. The smallest absolute Gasteiger partial charge is 0.243 e. The summed E-state index contributed by atoms with van der Waals surface area (Å²) in [6.45, 7) is 0.217. The molecule has 2 N–H and O–H groups in total. The van der Waals surface area contributed by atoms with Gasteiger partial charge in [-0.15, -0.1) is 0 Å². The maximum Gasteiger partial charge on any atom is 0.243 e. The highest BCUT2D eigenvalue weighted by Gasteiger charge is 2.10. The number of rotatable bonds is 7. The molecule has 2 aromatic rings. The molecule has 0 saturated carbocycles. The molecular formula is C19H18F2N4O2. The number of hydrogen-bond donors (Lipinski definition) is 2. The first-order valence-electron chi connectivity index (χ1n) is 8.06. The van der Waals surface area contributed by atoms with E-state index < -0.39 is 17.5 Å². The molecular weight excluding hydrogens is 354 g/mol. The van der Waals surface area contributed by atoms with Crippen molar-refractivity contribution in [2.24, 2.45) is 0 Å². The summed E-state index contributed by atoms with van der Waals surface area (Å²) in [4.78, 5) is 25.4. The van der Waals surface area contributed by atoms with Crippen LogP contribution in [0.5, 0.6) is 0 Å². The Morgan fingerprint density at radius 2 is 1.89 bits per heavy atom. The molecule has 2 rings (SSSR count). The highest BCUT2D eigenvalue weighted by atomic mass is 19.2. The van der Waals surface area contributed by atoms with Crippen molar-refractivity contribution < 1.29 is 18.4 Å². The summed E-state index contributed by atoms with van der Waals surface area (Å²) in [6.07, 6.45) is 0. The van der Waals surface area contributed by atoms with Crippen molar-refractivity contribution in [3.8, 4) is 6.07 Å². The van der Waals surface area contributed by atoms with Gasteiger partial charge < -0.3 is 10.6 Å². The van der Waals surface area contributed by atoms with E-state index in [1.54, 1.807) is 30.1 Å². The van der Waals surface area contributed by atoms with E-state index in [0.29, 0.717) is 12.1 Å². The van der Waals surface area contributed by atoms with E-state index in [-0.39, 0.29) is 24.7 Å². The number of nitriles is 1. The van der Waals surface area contributed by atoms with Crippen molar-refractivity contribution in [3.63, 3.8) is 0 Å². The number of halogens is 2. The van der Waals surface area contributed by atoms with Crippen molar-refractivity contribution in [2.75, 3.05) is 25.5 Å². The summed E-state index contributed by atoms with van der Waals surface area (Å²) in [5.41, 5.74) is 1.53. The fourth-order valence-electron chi connectivity index (χ4n) is 2.37. The number of nitrogens with one attached hydrogen (secondary N) is 2. The molecule has 0 aliphatic rings. The van der Waals surface area contributed by atoms with Gasteiger partial charge in [0, 0.05) is 18.3 Å². The average molecular weight is 372 g/mol. The number of carbonyl (C=O) groups is 2. The Balaban J connectivity index is 1.76. The lowest BCUT2D eigenvalue weighted by atomic mass is 10.1. The van der Waals surface area contributed by atoms with Gasteiger partial charge in [0.1, 0.15) is 0 Å². The lowest BCUT2D eigenvalue weighted by Crippen LogP contribution is -2.39. The summed E-state index contributed by atoms with van der Waals surface area (Å²) < 4.78 is 25.9. The number of benzene rings is 2. The molecule has 0 fully saturated rings. The molecule has 27 heavy (non-hydrogen) atoms. The van der Waals surface area contributed by atoms with Crippen molar-refractivity contribution in [1.82, 2.24) is 10.2 Å². The maximum atomic E-state index is 13.1. The quantitative estimate of drug-likeness (QED) is 0.779. The SMILES string of the molecule is CN(CC(=O)NCC(=O)Nc1ccc(F)c(F)c1)Cc1cccc(C#N)c1. The zero-order chi connectivity index (χ0) is 19.8. The molecule has 0 aliphatic carbocycles. The molecule has 0 radical (unpaired) electrons. The van der Waals surface area contributed by atoms with Gasteiger partial charge in [-0.3, -0.25) is 14.5 Å². The first-order valence-corrected chi connectivity index (χ1v) is 8.06. The van der Waals surface area contributed by atoms with Crippen molar-refractivity contribution in [1.29, 1.82) is 5.26 Å². The minimum absolute atomic E-state index is 0.0508. The average Bonchev–Trinajstić information content (AvgIpc) is 2.63. The summed E-state index contributed by atoms with van der Waals surface area (Å²) in [6, 6.07) is 12.1. The second-order valence-electron chi connectivity index (χ2n) is 5.94. The highest BCUT2D eigenvalue weighted by Crippen LogP contribution is 2.12. The van der Waals surface area contributed by atoms with Crippen LogP contribution in [0.1, 0.15) is 11.1 Å². The normalized spacial score (nSPS) is 10.3. The molecule has 0 aromatic heterocycles. The van der Waals surface area contributed by atoms with Gasteiger partial charge in [-0.25, -0.2) is 8.78 Å². The third-order valence-electron chi connectivity index (χ3n) is 3.57. The molecule has 0 heterocycles. The molecule has 0 unspecified atom stereocenters. The molecule has 2 amide bonds. The summed E-state index contributed by atoms with van der Waals surface area (Å²) in [5.74, 6) is -3.00. The number of carbonyl (C=O) groups excluding carboxylic acids is 2. The van der Waals surface area contributed by atoms with Crippen LogP contribution in [0.15, 0.2) is 42.5 Å². The first kappa shape index (κ1) is 20.0.